The third-order valence-corrected chi connectivity index (χ3v) is 3.46. The van der Waals surface area contributed by atoms with Crippen LogP contribution in [0.15, 0.2) is 24.3 Å². The summed E-state index contributed by atoms with van der Waals surface area (Å²) in [6.07, 6.45) is 0.0531. The molecule has 108 valence electrons. The van der Waals surface area contributed by atoms with Crippen molar-refractivity contribution in [3.63, 3.8) is 0 Å². The molecule has 0 saturated carbocycles. The zero-order valence-electron chi connectivity index (χ0n) is 11.2. The molecule has 1 aromatic carbocycles. The van der Waals surface area contributed by atoms with Crippen LogP contribution >= 0.6 is 0 Å². The molecule has 2 rings (SSSR count). The molecule has 1 heterocycles. The Morgan fingerprint density at radius 2 is 1.60 bits per heavy atom. The lowest BCUT2D eigenvalue weighted by atomic mass is 10.1. The quantitative estimate of drug-likeness (QED) is 0.847. The van der Waals surface area contributed by atoms with Gasteiger partial charge in [-0.2, -0.15) is 0 Å². The molecule has 1 fully saturated rings. The molecule has 2 N–H and O–H groups in total. The van der Waals surface area contributed by atoms with Crippen LogP contribution in [0.5, 0.6) is 0 Å². The number of benzene rings is 1. The first-order chi connectivity index (χ1) is 9.61. The smallest absolute Gasteiger partial charge is 0.236 e. The standard InChI is InChI=1S/C14H18FN3O2/c15-12-4-2-1-3-11(12)9-13(19)17-5-7-18(8-6-17)14(20)10-16/h1-4H,5-10,16H2. The van der Waals surface area contributed by atoms with E-state index >= 15 is 0 Å². The Balaban J connectivity index is 1.89. The number of nitrogens with two attached hydrogens (primary N) is 1. The number of halogens is 1. The summed E-state index contributed by atoms with van der Waals surface area (Å²) in [5, 5.41) is 0. The monoisotopic (exact) mass is 279 g/mol. The lowest BCUT2D eigenvalue weighted by molar-refractivity contribution is -0.138. The van der Waals surface area contributed by atoms with E-state index in [-0.39, 0.29) is 30.6 Å². The molecule has 0 radical (unpaired) electrons. The van der Waals surface area contributed by atoms with Crippen LogP contribution in [0.4, 0.5) is 4.39 Å². The minimum atomic E-state index is -0.363. The molecule has 0 aliphatic carbocycles. The van der Waals surface area contributed by atoms with E-state index in [1.165, 1.54) is 6.07 Å². The molecule has 6 heteroatoms. The van der Waals surface area contributed by atoms with Crippen LogP contribution in [0.25, 0.3) is 0 Å². The van der Waals surface area contributed by atoms with Gasteiger partial charge in [-0.25, -0.2) is 4.39 Å². The van der Waals surface area contributed by atoms with E-state index in [4.69, 9.17) is 5.73 Å². The second kappa shape index (κ2) is 6.47. The third kappa shape index (κ3) is 3.33. The molecular formula is C14H18FN3O2. The number of nitrogens with zero attached hydrogens (tertiary/aromatic N) is 2. The Bertz CT molecular complexity index is 499. The fourth-order valence-corrected chi connectivity index (χ4v) is 2.25. The molecular weight excluding hydrogens is 261 g/mol. The zero-order chi connectivity index (χ0) is 14.5. The van der Waals surface area contributed by atoms with Gasteiger partial charge in [-0.05, 0) is 11.6 Å². The maximum Gasteiger partial charge on any atom is 0.236 e. The second-order valence-electron chi connectivity index (χ2n) is 4.73. The minimum absolute atomic E-state index is 0.0107. The Kier molecular flexibility index (Phi) is 4.68. The van der Waals surface area contributed by atoms with Crippen molar-refractivity contribution in [2.24, 2.45) is 5.73 Å². The highest BCUT2D eigenvalue weighted by atomic mass is 19.1. The van der Waals surface area contributed by atoms with Crippen molar-refractivity contribution in [2.45, 2.75) is 6.42 Å². The summed E-state index contributed by atoms with van der Waals surface area (Å²) in [6, 6.07) is 6.27. The summed E-state index contributed by atoms with van der Waals surface area (Å²) in [4.78, 5) is 26.8. The topological polar surface area (TPSA) is 66.6 Å². The van der Waals surface area contributed by atoms with E-state index in [1.807, 2.05) is 0 Å². The first-order valence-corrected chi connectivity index (χ1v) is 6.61. The molecule has 0 unspecified atom stereocenters. The molecule has 1 aromatic rings. The number of amides is 2. The minimum Gasteiger partial charge on any atom is -0.339 e. The normalized spacial score (nSPS) is 15.3. The number of carbonyl (C=O) groups excluding carboxylic acids is 2. The maximum absolute atomic E-state index is 13.5. The van der Waals surface area contributed by atoms with Gasteiger partial charge in [0.25, 0.3) is 0 Å². The lowest BCUT2D eigenvalue weighted by Gasteiger charge is -2.34. The van der Waals surface area contributed by atoms with Crippen molar-refractivity contribution in [3.8, 4) is 0 Å². The van der Waals surface area contributed by atoms with Crippen molar-refractivity contribution < 1.29 is 14.0 Å². The molecule has 1 aliphatic heterocycles. The van der Waals surface area contributed by atoms with Crippen molar-refractivity contribution in [1.82, 2.24) is 9.80 Å². The fourth-order valence-electron chi connectivity index (χ4n) is 2.25. The SMILES string of the molecule is NCC(=O)N1CCN(C(=O)Cc2ccccc2F)CC1. The van der Waals surface area contributed by atoms with Gasteiger partial charge in [0.15, 0.2) is 0 Å². The highest BCUT2D eigenvalue weighted by Crippen LogP contribution is 2.10. The number of piperazine rings is 1. The lowest BCUT2D eigenvalue weighted by Crippen LogP contribution is -2.52. The van der Waals surface area contributed by atoms with Crippen LogP contribution in [-0.4, -0.2) is 54.3 Å². The van der Waals surface area contributed by atoms with Crippen LogP contribution in [0.3, 0.4) is 0 Å². The summed E-state index contributed by atoms with van der Waals surface area (Å²) >= 11 is 0. The average molecular weight is 279 g/mol. The fraction of sp³-hybridized carbons (Fsp3) is 0.429. The summed E-state index contributed by atoms with van der Waals surface area (Å²) in [6.45, 7) is 1.90. The Hall–Kier alpha value is -1.95. The molecule has 1 saturated heterocycles. The van der Waals surface area contributed by atoms with E-state index in [0.717, 1.165) is 0 Å². The molecule has 0 spiro atoms. The molecule has 0 bridgehead atoms. The Morgan fingerprint density at radius 1 is 1.05 bits per heavy atom. The van der Waals surface area contributed by atoms with E-state index in [0.29, 0.717) is 31.7 Å². The number of carbonyl (C=O) groups is 2. The summed E-state index contributed by atoms with van der Waals surface area (Å²) < 4.78 is 13.5. The summed E-state index contributed by atoms with van der Waals surface area (Å²) in [7, 11) is 0. The van der Waals surface area contributed by atoms with Crippen molar-refractivity contribution in [3.05, 3.63) is 35.6 Å². The van der Waals surface area contributed by atoms with Crippen LogP contribution in [0.1, 0.15) is 5.56 Å². The van der Waals surface area contributed by atoms with E-state index in [9.17, 15) is 14.0 Å². The number of hydrogen-bond acceptors (Lipinski definition) is 3. The summed E-state index contributed by atoms with van der Waals surface area (Å²) in [5.74, 6) is -0.584. The molecule has 2 amide bonds. The van der Waals surface area contributed by atoms with Gasteiger partial charge in [-0.1, -0.05) is 18.2 Å². The van der Waals surface area contributed by atoms with Crippen LogP contribution in [0, 0.1) is 5.82 Å². The molecule has 0 atom stereocenters. The highest BCUT2D eigenvalue weighted by molar-refractivity contribution is 5.80. The van der Waals surface area contributed by atoms with E-state index < -0.39 is 0 Å². The van der Waals surface area contributed by atoms with Crippen LogP contribution in [0.2, 0.25) is 0 Å². The average Bonchev–Trinajstić information content (AvgIpc) is 2.49. The van der Waals surface area contributed by atoms with Crippen molar-refractivity contribution in [2.75, 3.05) is 32.7 Å². The van der Waals surface area contributed by atoms with Crippen molar-refractivity contribution in [1.29, 1.82) is 0 Å². The first-order valence-electron chi connectivity index (χ1n) is 6.61. The number of hydrogen-bond donors (Lipinski definition) is 1. The third-order valence-electron chi connectivity index (χ3n) is 3.46. The van der Waals surface area contributed by atoms with Gasteiger partial charge < -0.3 is 15.5 Å². The predicted molar refractivity (Wildman–Crippen MR) is 72.3 cm³/mol. The maximum atomic E-state index is 13.5. The van der Waals surface area contributed by atoms with Crippen LogP contribution in [-0.2, 0) is 16.0 Å². The van der Waals surface area contributed by atoms with Gasteiger partial charge in [-0.3, -0.25) is 9.59 Å². The molecule has 1 aliphatic rings. The Labute approximate surface area is 117 Å². The van der Waals surface area contributed by atoms with Gasteiger partial charge in [-0.15, -0.1) is 0 Å². The van der Waals surface area contributed by atoms with Crippen LogP contribution < -0.4 is 5.73 Å². The van der Waals surface area contributed by atoms with Gasteiger partial charge in [0.05, 0.1) is 13.0 Å². The Morgan fingerprint density at radius 3 is 2.15 bits per heavy atom. The van der Waals surface area contributed by atoms with Gasteiger partial charge in [0.1, 0.15) is 5.82 Å². The molecule has 0 aromatic heterocycles. The number of rotatable bonds is 3. The summed E-state index contributed by atoms with van der Waals surface area (Å²) in [5.41, 5.74) is 5.70. The second-order valence-corrected chi connectivity index (χ2v) is 4.73. The van der Waals surface area contributed by atoms with E-state index in [1.54, 1.807) is 28.0 Å². The zero-order valence-corrected chi connectivity index (χ0v) is 11.2. The van der Waals surface area contributed by atoms with Gasteiger partial charge in [0, 0.05) is 26.2 Å². The highest BCUT2D eigenvalue weighted by Gasteiger charge is 2.23. The van der Waals surface area contributed by atoms with E-state index in [2.05, 4.69) is 0 Å². The largest absolute Gasteiger partial charge is 0.339 e. The first kappa shape index (κ1) is 14.5. The predicted octanol–water partition coefficient (Wildman–Crippen LogP) is -0.00230. The molecule has 20 heavy (non-hydrogen) atoms. The van der Waals surface area contributed by atoms with Crippen molar-refractivity contribution >= 4 is 11.8 Å². The van der Waals surface area contributed by atoms with Gasteiger partial charge in [0.2, 0.25) is 11.8 Å². The molecule has 5 nitrogen and oxygen atoms in total. The van der Waals surface area contributed by atoms with Gasteiger partial charge >= 0.3 is 0 Å².